The predicted molar refractivity (Wildman–Crippen MR) is 51.9 cm³/mol. The predicted octanol–water partition coefficient (Wildman–Crippen LogP) is -0.562. The number of nitrogens with zero attached hydrogens (tertiary/aromatic N) is 3. The van der Waals surface area contributed by atoms with E-state index in [0.29, 0.717) is 0 Å². The molecule has 1 aromatic rings. The van der Waals surface area contributed by atoms with Gasteiger partial charge in [-0.05, 0) is 6.92 Å². The van der Waals surface area contributed by atoms with Crippen LogP contribution in [0.5, 0.6) is 0 Å². The molecule has 2 N–H and O–H groups in total. The highest BCUT2D eigenvalue weighted by molar-refractivity contribution is 5.69. The average molecular weight is 214 g/mol. The largest absolute Gasteiger partial charge is 0.462 e. The van der Waals surface area contributed by atoms with Crippen molar-refractivity contribution in [2.45, 2.75) is 19.6 Å². The van der Waals surface area contributed by atoms with E-state index >= 15 is 0 Å². The minimum absolute atomic E-state index is 0.000629. The molecule has 1 rings (SSSR count). The van der Waals surface area contributed by atoms with Gasteiger partial charge in [0, 0.05) is 7.11 Å². The number of aromatic nitrogens is 3. The van der Waals surface area contributed by atoms with Gasteiger partial charge in [-0.2, -0.15) is 0 Å². The van der Waals surface area contributed by atoms with E-state index in [1.54, 1.807) is 14.0 Å². The standard InChI is InChI=1S/C8H14N4O3/c1-6(14-2)4-15-7(13)3-12-5-10-8(9)11-12/h5-6H,3-4H2,1-2H3,(H2,9,11). The zero-order chi connectivity index (χ0) is 11.3. The van der Waals surface area contributed by atoms with E-state index in [-0.39, 0.29) is 25.2 Å². The number of hydrogen-bond acceptors (Lipinski definition) is 6. The van der Waals surface area contributed by atoms with Crippen LogP contribution in [0.4, 0.5) is 5.95 Å². The molecule has 1 unspecified atom stereocenters. The second-order valence-electron chi connectivity index (χ2n) is 3.03. The Morgan fingerprint density at radius 3 is 3.00 bits per heavy atom. The monoisotopic (exact) mass is 214 g/mol. The van der Waals surface area contributed by atoms with E-state index in [1.165, 1.54) is 11.0 Å². The fourth-order valence-electron chi connectivity index (χ4n) is 0.841. The number of anilines is 1. The number of rotatable bonds is 5. The van der Waals surface area contributed by atoms with Gasteiger partial charge in [-0.3, -0.25) is 4.79 Å². The molecule has 0 amide bonds. The number of carbonyl (C=O) groups excluding carboxylic acids is 1. The minimum atomic E-state index is -0.399. The minimum Gasteiger partial charge on any atom is -0.462 e. The molecule has 0 spiro atoms. The summed E-state index contributed by atoms with van der Waals surface area (Å²) in [4.78, 5) is 14.9. The molecule has 1 aromatic heterocycles. The van der Waals surface area contributed by atoms with Gasteiger partial charge in [0.05, 0.1) is 6.10 Å². The topological polar surface area (TPSA) is 92.3 Å². The normalized spacial score (nSPS) is 12.4. The number of methoxy groups -OCH3 is 1. The Labute approximate surface area is 87.2 Å². The molecule has 1 heterocycles. The van der Waals surface area contributed by atoms with Crippen LogP contribution in [0.25, 0.3) is 0 Å². The van der Waals surface area contributed by atoms with Gasteiger partial charge in [0.15, 0.2) is 0 Å². The van der Waals surface area contributed by atoms with Crippen LogP contribution < -0.4 is 5.73 Å². The van der Waals surface area contributed by atoms with Crippen LogP contribution in [-0.4, -0.2) is 40.6 Å². The summed E-state index contributed by atoms with van der Waals surface area (Å²) >= 11 is 0. The molecule has 0 aliphatic carbocycles. The SMILES string of the molecule is COC(C)COC(=O)Cn1cnc(N)n1. The second-order valence-corrected chi connectivity index (χ2v) is 3.03. The smallest absolute Gasteiger partial charge is 0.327 e. The van der Waals surface area contributed by atoms with Crippen molar-refractivity contribution in [1.82, 2.24) is 14.8 Å². The maximum Gasteiger partial charge on any atom is 0.327 e. The highest BCUT2D eigenvalue weighted by atomic mass is 16.6. The quantitative estimate of drug-likeness (QED) is 0.660. The van der Waals surface area contributed by atoms with Crippen LogP contribution in [0, 0.1) is 0 Å². The van der Waals surface area contributed by atoms with Crippen LogP contribution in [0.3, 0.4) is 0 Å². The molecule has 0 aliphatic rings. The first kappa shape index (κ1) is 11.4. The first-order chi connectivity index (χ1) is 7.11. The summed E-state index contributed by atoms with van der Waals surface area (Å²) in [6, 6.07) is 0. The maximum atomic E-state index is 11.2. The molecule has 0 bridgehead atoms. The average Bonchev–Trinajstić information content (AvgIpc) is 2.60. The van der Waals surface area contributed by atoms with Crippen molar-refractivity contribution in [1.29, 1.82) is 0 Å². The first-order valence-electron chi connectivity index (χ1n) is 4.45. The zero-order valence-electron chi connectivity index (χ0n) is 8.71. The summed E-state index contributed by atoms with van der Waals surface area (Å²) in [5.41, 5.74) is 5.28. The van der Waals surface area contributed by atoms with Gasteiger partial charge in [-0.1, -0.05) is 0 Å². The third kappa shape index (κ3) is 3.94. The Hall–Kier alpha value is -1.63. The number of ether oxygens (including phenoxy) is 2. The van der Waals surface area contributed by atoms with Crippen molar-refractivity contribution in [2.24, 2.45) is 0 Å². The zero-order valence-corrected chi connectivity index (χ0v) is 8.71. The van der Waals surface area contributed by atoms with Gasteiger partial charge < -0.3 is 15.2 Å². The number of nitrogens with two attached hydrogens (primary N) is 1. The second kappa shape index (κ2) is 5.30. The fourth-order valence-corrected chi connectivity index (χ4v) is 0.841. The lowest BCUT2D eigenvalue weighted by molar-refractivity contribution is -0.147. The Kier molecular flexibility index (Phi) is 4.04. The van der Waals surface area contributed by atoms with Gasteiger partial charge in [0.1, 0.15) is 19.5 Å². The number of esters is 1. The summed E-state index contributed by atoms with van der Waals surface area (Å²) in [6.45, 7) is 2.03. The lowest BCUT2D eigenvalue weighted by Gasteiger charge is -2.09. The van der Waals surface area contributed by atoms with E-state index in [0.717, 1.165) is 0 Å². The molecule has 0 saturated carbocycles. The molecule has 0 aromatic carbocycles. The van der Waals surface area contributed by atoms with E-state index in [4.69, 9.17) is 15.2 Å². The molecule has 0 aliphatic heterocycles. The molecule has 1 atom stereocenters. The molecular formula is C8H14N4O3. The van der Waals surface area contributed by atoms with Gasteiger partial charge in [-0.15, -0.1) is 5.10 Å². The van der Waals surface area contributed by atoms with Gasteiger partial charge in [0.25, 0.3) is 0 Å². The summed E-state index contributed by atoms with van der Waals surface area (Å²) < 4.78 is 11.2. The van der Waals surface area contributed by atoms with Crippen LogP contribution in [-0.2, 0) is 20.8 Å². The van der Waals surface area contributed by atoms with Gasteiger partial charge in [0.2, 0.25) is 5.95 Å². The maximum absolute atomic E-state index is 11.2. The molecule has 0 radical (unpaired) electrons. The van der Waals surface area contributed by atoms with E-state index < -0.39 is 5.97 Å². The third-order valence-corrected chi connectivity index (χ3v) is 1.73. The van der Waals surface area contributed by atoms with Crippen molar-refractivity contribution < 1.29 is 14.3 Å². The summed E-state index contributed by atoms with van der Waals surface area (Å²) in [7, 11) is 1.55. The van der Waals surface area contributed by atoms with E-state index in [9.17, 15) is 4.79 Å². The Bertz CT molecular complexity index is 325. The fraction of sp³-hybridized carbons (Fsp3) is 0.625. The molecule has 0 saturated heterocycles. The van der Waals surface area contributed by atoms with Crippen LogP contribution >= 0.6 is 0 Å². The van der Waals surface area contributed by atoms with Crippen molar-refractivity contribution in [2.75, 3.05) is 19.5 Å². The summed E-state index contributed by atoms with van der Waals surface area (Å²) in [5, 5.41) is 3.75. The van der Waals surface area contributed by atoms with E-state index in [1.807, 2.05) is 0 Å². The number of nitrogen functional groups attached to an aromatic ring is 1. The highest BCUT2D eigenvalue weighted by Crippen LogP contribution is 1.93. The van der Waals surface area contributed by atoms with E-state index in [2.05, 4.69) is 10.1 Å². The Morgan fingerprint density at radius 1 is 1.73 bits per heavy atom. The lowest BCUT2D eigenvalue weighted by atomic mass is 10.4. The van der Waals surface area contributed by atoms with Crippen LogP contribution in [0.2, 0.25) is 0 Å². The van der Waals surface area contributed by atoms with Crippen LogP contribution in [0.1, 0.15) is 6.92 Å². The highest BCUT2D eigenvalue weighted by Gasteiger charge is 2.08. The Balaban J connectivity index is 2.30. The molecular weight excluding hydrogens is 200 g/mol. The Morgan fingerprint density at radius 2 is 2.47 bits per heavy atom. The molecule has 7 heteroatoms. The lowest BCUT2D eigenvalue weighted by Crippen LogP contribution is -2.20. The van der Waals surface area contributed by atoms with Crippen molar-refractivity contribution in [3.8, 4) is 0 Å². The molecule has 7 nitrogen and oxygen atoms in total. The molecule has 84 valence electrons. The first-order valence-corrected chi connectivity index (χ1v) is 4.45. The van der Waals surface area contributed by atoms with Gasteiger partial charge in [-0.25, -0.2) is 9.67 Å². The van der Waals surface area contributed by atoms with Crippen LogP contribution in [0.15, 0.2) is 6.33 Å². The van der Waals surface area contributed by atoms with Crippen molar-refractivity contribution in [3.63, 3.8) is 0 Å². The molecule has 0 fully saturated rings. The van der Waals surface area contributed by atoms with Crippen molar-refractivity contribution in [3.05, 3.63) is 6.33 Å². The summed E-state index contributed by atoms with van der Waals surface area (Å²) in [6.07, 6.45) is 1.26. The summed E-state index contributed by atoms with van der Waals surface area (Å²) in [5.74, 6) is -0.267. The third-order valence-electron chi connectivity index (χ3n) is 1.73. The molecule has 15 heavy (non-hydrogen) atoms. The van der Waals surface area contributed by atoms with Gasteiger partial charge >= 0.3 is 5.97 Å². The number of carbonyl (C=O) groups is 1. The number of hydrogen-bond donors (Lipinski definition) is 1. The van der Waals surface area contributed by atoms with Crippen molar-refractivity contribution >= 4 is 11.9 Å².